The van der Waals surface area contributed by atoms with Crippen molar-refractivity contribution in [3.63, 3.8) is 0 Å². The number of esters is 1. The van der Waals surface area contributed by atoms with Gasteiger partial charge in [-0.25, -0.2) is 26.7 Å². The normalized spacial score (nSPS) is 18.5. The number of hydrogen-bond acceptors (Lipinski definition) is 6. The lowest BCUT2D eigenvalue weighted by Gasteiger charge is -2.29. The number of carbonyl (C=O) groups is 2. The average Bonchev–Trinajstić information content (AvgIpc) is 2.80. The zero-order valence-electron chi connectivity index (χ0n) is 18.3. The molecule has 0 spiro atoms. The topological polar surface area (TPSA) is 98.8 Å². The molecule has 2 unspecified atom stereocenters. The van der Waals surface area contributed by atoms with Crippen LogP contribution >= 0.6 is 0 Å². The Hall–Kier alpha value is -2.85. The molecule has 178 valence electrons. The van der Waals surface area contributed by atoms with Gasteiger partial charge in [0, 0.05) is 11.6 Å². The van der Waals surface area contributed by atoms with E-state index in [-0.39, 0.29) is 33.7 Å². The molecule has 1 fully saturated rings. The fourth-order valence-corrected chi connectivity index (χ4v) is 5.31. The molecule has 0 bridgehead atoms. The first-order chi connectivity index (χ1) is 15.6. The molecule has 2 aromatic rings. The Morgan fingerprint density at radius 3 is 2.39 bits per heavy atom. The van der Waals surface area contributed by atoms with E-state index < -0.39 is 40.0 Å². The molecule has 2 atom stereocenters. The van der Waals surface area contributed by atoms with Crippen LogP contribution in [-0.2, 0) is 14.8 Å². The number of carbonyl (C=O) groups excluding carboxylic acids is 2. The SMILES string of the molecule is COc1ccc(C(=O)OCC(=O)c2ccc(F)c(F)c2)cc1S(=O)(=O)NC1CCCCC1C. The Bertz CT molecular complexity index is 1150. The van der Waals surface area contributed by atoms with Gasteiger partial charge in [-0.3, -0.25) is 4.79 Å². The van der Waals surface area contributed by atoms with E-state index in [9.17, 15) is 26.8 Å². The van der Waals surface area contributed by atoms with Crippen LogP contribution in [0.4, 0.5) is 8.78 Å². The first-order valence-electron chi connectivity index (χ1n) is 10.5. The van der Waals surface area contributed by atoms with Crippen LogP contribution in [0.15, 0.2) is 41.3 Å². The van der Waals surface area contributed by atoms with Gasteiger partial charge in [0.2, 0.25) is 10.0 Å². The molecular formula is C23H25F2NO6S. The first-order valence-corrected chi connectivity index (χ1v) is 12.0. The minimum absolute atomic E-state index is 0.0559. The highest BCUT2D eigenvalue weighted by Gasteiger charge is 2.29. The summed E-state index contributed by atoms with van der Waals surface area (Å²) in [5, 5.41) is 0. The molecule has 0 aliphatic heterocycles. The first kappa shape index (κ1) is 24.8. The minimum Gasteiger partial charge on any atom is -0.495 e. The summed E-state index contributed by atoms with van der Waals surface area (Å²) in [5.74, 6) is -3.76. The number of nitrogens with one attached hydrogen (secondary N) is 1. The number of ketones is 1. The van der Waals surface area contributed by atoms with Crippen molar-refractivity contribution < 1.29 is 36.3 Å². The van der Waals surface area contributed by atoms with Crippen LogP contribution in [0.25, 0.3) is 0 Å². The smallest absolute Gasteiger partial charge is 0.338 e. The van der Waals surface area contributed by atoms with Crippen molar-refractivity contribution in [1.29, 1.82) is 0 Å². The van der Waals surface area contributed by atoms with E-state index in [0.29, 0.717) is 6.07 Å². The molecule has 0 radical (unpaired) electrons. The summed E-state index contributed by atoms with van der Waals surface area (Å²) in [6.07, 6.45) is 3.61. The number of methoxy groups -OCH3 is 1. The van der Waals surface area contributed by atoms with E-state index in [1.807, 2.05) is 6.92 Å². The maximum atomic E-state index is 13.3. The number of rotatable bonds is 8. The van der Waals surface area contributed by atoms with Gasteiger partial charge in [-0.15, -0.1) is 0 Å². The zero-order valence-corrected chi connectivity index (χ0v) is 19.1. The van der Waals surface area contributed by atoms with E-state index in [4.69, 9.17) is 9.47 Å². The lowest BCUT2D eigenvalue weighted by Crippen LogP contribution is -2.41. The van der Waals surface area contributed by atoms with Crippen molar-refractivity contribution in [2.24, 2.45) is 5.92 Å². The molecule has 10 heteroatoms. The van der Waals surface area contributed by atoms with Crippen molar-refractivity contribution in [3.8, 4) is 5.75 Å². The fraction of sp³-hybridized carbons (Fsp3) is 0.391. The Morgan fingerprint density at radius 1 is 1.03 bits per heavy atom. The zero-order chi connectivity index (χ0) is 24.2. The summed E-state index contributed by atoms with van der Waals surface area (Å²) in [6, 6.07) is 6.12. The van der Waals surface area contributed by atoms with Crippen molar-refractivity contribution >= 4 is 21.8 Å². The number of hydrogen-bond donors (Lipinski definition) is 1. The summed E-state index contributed by atoms with van der Waals surface area (Å²) in [4.78, 5) is 24.4. The molecular weight excluding hydrogens is 456 g/mol. The fourth-order valence-electron chi connectivity index (χ4n) is 3.74. The Kier molecular flexibility index (Phi) is 7.80. The van der Waals surface area contributed by atoms with Gasteiger partial charge in [0.05, 0.1) is 12.7 Å². The maximum absolute atomic E-state index is 13.3. The molecule has 0 heterocycles. The van der Waals surface area contributed by atoms with Crippen LogP contribution in [0.2, 0.25) is 0 Å². The van der Waals surface area contributed by atoms with Crippen LogP contribution in [0.3, 0.4) is 0 Å². The van der Waals surface area contributed by atoms with Gasteiger partial charge in [-0.2, -0.15) is 0 Å². The number of ether oxygens (including phenoxy) is 2. The van der Waals surface area contributed by atoms with Crippen molar-refractivity contribution in [3.05, 3.63) is 59.2 Å². The molecule has 1 N–H and O–H groups in total. The molecule has 33 heavy (non-hydrogen) atoms. The molecule has 2 aromatic carbocycles. The monoisotopic (exact) mass is 481 g/mol. The average molecular weight is 482 g/mol. The maximum Gasteiger partial charge on any atom is 0.338 e. The van der Waals surface area contributed by atoms with Crippen LogP contribution in [-0.4, -0.2) is 39.9 Å². The van der Waals surface area contributed by atoms with Crippen LogP contribution in [0, 0.1) is 17.6 Å². The summed E-state index contributed by atoms with van der Waals surface area (Å²) < 4.78 is 65.3. The standard InChI is InChI=1S/C23H25F2NO6S/c1-14-5-3-4-6-19(14)26-33(29,30)22-12-16(8-10-21(22)31-2)23(28)32-13-20(27)15-7-9-17(24)18(25)11-15/h7-12,14,19,26H,3-6,13H2,1-2H3. The highest BCUT2D eigenvalue weighted by Crippen LogP contribution is 2.29. The predicted octanol–water partition coefficient (Wildman–Crippen LogP) is 3.87. The van der Waals surface area contributed by atoms with Crippen LogP contribution in [0.5, 0.6) is 5.75 Å². The van der Waals surface area contributed by atoms with Crippen molar-refractivity contribution in [2.45, 2.75) is 43.5 Å². The number of benzene rings is 2. The highest BCUT2D eigenvalue weighted by molar-refractivity contribution is 7.89. The van der Waals surface area contributed by atoms with E-state index in [1.165, 1.54) is 19.2 Å². The lowest BCUT2D eigenvalue weighted by atomic mass is 9.87. The molecule has 1 saturated carbocycles. The second kappa shape index (κ2) is 10.4. The molecule has 7 nitrogen and oxygen atoms in total. The lowest BCUT2D eigenvalue weighted by molar-refractivity contribution is 0.0474. The third-order valence-corrected chi connectivity index (χ3v) is 7.19. The number of halogens is 2. The van der Waals surface area contributed by atoms with Crippen molar-refractivity contribution in [1.82, 2.24) is 4.72 Å². The van der Waals surface area contributed by atoms with E-state index in [1.54, 1.807) is 0 Å². The Labute approximate surface area is 191 Å². The molecule has 0 saturated heterocycles. The predicted molar refractivity (Wildman–Crippen MR) is 116 cm³/mol. The van der Waals surface area contributed by atoms with Gasteiger partial charge in [0.15, 0.2) is 24.0 Å². The summed E-state index contributed by atoms with van der Waals surface area (Å²) >= 11 is 0. The summed E-state index contributed by atoms with van der Waals surface area (Å²) in [5.41, 5.74) is -0.267. The molecule has 1 aliphatic carbocycles. The van der Waals surface area contributed by atoms with E-state index >= 15 is 0 Å². The van der Waals surface area contributed by atoms with E-state index in [0.717, 1.165) is 43.9 Å². The van der Waals surface area contributed by atoms with Gasteiger partial charge in [-0.1, -0.05) is 19.8 Å². The quantitative estimate of drug-likeness (QED) is 0.454. The number of sulfonamides is 1. The highest BCUT2D eigenvalue weighted by atomic mass is 32.2. The minimum atomic E-state index is -4.00. The van der Waals surface area contributed by atoms with Crippen LogP contribution < -0.4 is 9.46 Å². The third-order valence-electron chi connectivity index (χ3n) is 5.68. The van der Waals surface area contributed by atoms with Gasteiger partial charge in [0.1, 0.15) is 10.6 Å². The largest absolute Gasteiger partial charge is 0.495 e. The van der Waals surface area contributed by atoms with Gasteiger partial charge in [0.25, 0.3) is 0 Å². The third kappa shape index (κ3) is 5.94. The molecule has 1 aliphatic rings. The Morgan fingerprint density at radius 2 is 1.73 bits per heavy atom. The van der Waals surface area contributed by atoms with Crippen LogP contribution in [0.1, 0.15) is 53.3 Å². The summed E-state index contributed by atoms with van der Waals surface area (Å²) in [6.45, 7) is 1.26. The molecule has 3 rings (SSSR count). The number of Topliss-reactive ketones (excluding diaryl/α,β-unsaturated/α-hetero) is 1. The van der Waals surface area contributed by atoms with E-state index in [2.05, 4.69) is 4.72 Å². The molecule has 0 amide bonds. The second-order valence-corrected chi connectivity index (χ2v) is 9.67. The Balaban J connectivity index is 1.75. The molecule has 0 aromatic heterocycles. The second-order valence-electron chi connectivity index (χ2n) is 7.98. The summed E-state index contributed by atoms with van der Waals surface area (Å²) in [7, 11) is -2.69. The van der Waals surface area contributed by atoms with Gasteiger partial charge < -0.3 is 9.47 Å². The van der Waals surface area contributed by atoms with Gasteiger partial charge in [-0.05, 0) is 55.2 Å². The van der Waals surface area contributed by atoms with Gasteiger partial charge >= 0.3 is 5.97 Å². The van der Waals surface area contributed by atoms with Crippen molar-refractivity contribution in [2.75, 3.05) is 13.7 Å².